The van der Waals surface area contributed by atoms with Crippen molar-refractivity contribution in [2.45, 2.75) is 6.54 Å². The zero-order chi connectivity index (χ0) is 14.5. The van der Waals surface area contributed by atoms with Crippen molar-refractivity contribution in [3.63, 3.8) is 0 Å². The molecule has 0 fully saturated rings. The topological polar surface area (TPSA) is 38.3 Å². The van der Waals surface area contributed by atoms with Gasteiger partial charge in [0.1, 0.15) is 5.75 Å². The van der Waals surface area contributed by atoms with E-state index in [9.17, 15) is 4.79 Å². The van der Waals surface area contributed by atoms with Crippen molar-refractivity contribution < 1.29 is 9.53 Å². The predicted octanol–water partition coefficient (Wildman–Crippen LogP) is 4.04. The Morgan fingerprint density at radius 1 is 1.25 bits per heavy atom. The fraction of sp³-hybridized carbons (Fsp3) is 0.133. The molecule has 0 heterocycles. The number of amides is 1. The largest absolute Gasteiger partial charge is 0.495 e. The van der Waals surface area contributed by atoms with Crippen LogP contribution in [0.4, 0.5) is 0 Å². The lowest BCUT2D eigenvalue weighted by atomic mass is 10.1. The Labute approximate surface area is 131 Å². The number of ether oxygens (including phenoxy) is 1. The van der Waals surface area contributed by atoms with Crippen LogP contribution in [0.25, 0.3) is 0 Å². The van der Waals surface area contributed by atoms with Crippen LogP contribution in [0.1, 0.15) is 15.9 Å². The molecule has 2 aromatic carbocycles. The first-order chi connectivity index (χ1) is 9.63. The molecular formula is C15H13BrClNO2. The van der Waals surface area contributed by atoms with Crippen molar-refractivity contribution in [3.05, 3.63) is 63.1 Å². The lowest BCUT2D eigenvalue weighted by Gasteiger charge is -2.11. The lowest BCUT2D eigenvalue weighted by molar-refractivity contribution is 0.0948. The first-order valence-corrected chi connectivity index (χ1v) is 7.14. The van der Waals surface area contributed by atoms with Gasteiger partial charge in [0.05, 0.1) is 17.1 Å². The monoisotopic (exact) mass is 353 g/mol. The first kappa shape index (κ1) is 14.9. The summed E-state index contributed by atoms with van der Waals surface area (Å²) >= 11 is 9.41. The van der Waals surface area contributed by atoms with Gasteiger partial charge in [0, 0.05) is 11.6 Å². The van der Waals surface area contributed by atoms with E-state index in [1.165, 1.54) is 7.11 Å². The van der Waals surface area contributed by atoms with Gasteiger partial charge in [-0.3, -0.25) is 4.79 Å². The number of carbonyl (C=O) groups is 1. The van der Waals surface area contributed by atoms with Crippen LogP contribution < -0.4 is 10.1 Å². The molecule has 3 nitrogen and oxygen atoms in total. The van der Waals surface area contributed by atoms with Crippen LogP contribution in [0.15, 0.2) is 46.9 Å². The van der Waals surface area contributed by atoms with E-state index >= 15 is 0 Å². The Balaban J connectivity index is 2.14. The second-order valence-electron chi connectivity index (χ2n) is 4.09. The van der Waals surface area contributed by atoms with Gasteiger partial charge in [-0.25, -0.2) is 0 Å². The van der Waals surface area contributed by atoms with E-state index in [-0.39, 0.29) is 5.91 Å². The fourth-order valence-corrected chi connectivity index (χ4v) is 2.54. The van der Waals surface area contributed by atoms with Crippen LogP contribution in [0.5, 0.6) is 5.75 Å². The first-order valence-electron chi connectivity index (χ1n) is 5.97. The van der Waals surface area contributed by atoms with E-state index in [1.807, 2.05) is 24.3 Å². The number of benzene rings is 2. The molecule has 2 rings (SSSR count). The van der Waals surface area contributed by atoms with Gasteiger partial charge in [0.2, 0.25) is 0 Å². The Kier molecular flexibility index (Phi) is 5.04. The maximum absolute atomic E-state index is 12.2. The van der Waals surface area contributed by atoms with E-state index in [0.717, 1.165) is 10.0 Å². The lowest BCUT2D eigenvalue weighted by Crippen LogP contribution is -2.23. The zero-order valence-electron chi connectivity index (χ0n) is 10.8. The number of nitrogens with one attached hydrogen (secondary N) is 1. The molecule has 0 aliphatic heterocycles. The Bertz CT molecular complexity index is 631. The molecule has 104 valence electrons. The minimum absolute atomic E-state index is 0.205. The quantitative estimate of drug-likeness (QED) is 0.900. The second kappa shape index (κ2) is 6.77. The third-order valence-corrected chi connectivity index (χ3v) is 3.81. The molecule has 0 saturated carbocycles. The molecule has 0 spiro atoms. The SMILES string of the molecule is COc1c(Br)cccc1C(=O)NCc1ccccc1Cl. The summed E-state index contributed by atoms with van der Waals surface area (Å²) in [4.78, 5) is 12.2. The molecule has 0 radical (unpaired) electrons. The van der Waals surface area contributed by atoms with Crippen molar-refractivity contribution in [1.29, 1.82) is 0 Å². The van der Waals surface area contributed by atoms with Gasteiger partial charge >= 0.3 is 0 Å². The van der Waals surface area contributed by atoms with Gasteiger partial charge in [-0.1, -0.05) is 35.9 Å². The summed E-state index contributed by atoms with van der Waals surface area (Å²) in [5.74, 6) is 0.312. The van der Waals surface area contributed by atoms with Gasteiger partial charge in [-0.05, 0) is 39.7 Å². The molecule has 2 aromatic rings. The summed E-state index contributed by atoms with van der Waals surface area (Å²) in [6, 6.07) is 12.7. The molecule has 1 amide bonds. The molecule has 0 bridgehead atoms. The van der Waals surface area contributed by atoms with Crippen LogP contribution in [-0.2, 0) is 6.54 Å². The highest BCUT2D eigenvalue weighted by atomic mass is 79.9. The van der Waals surface area contributed by atoms with Crippen LogP contribution in [0, 0.1) is 0 Å². The highest BCUT2D eigenvalue weighted by Gasteiger charge is 2.14. The Morgan fingerprint density at radius 3 is 2.70 bits per heavy atom. The number of halogens is 2. The van der Waals surface area contributed by atoms with Crippen molar-refractivity contribution in [3.8, 4) is 5.75 Å². The smallest absolute Gasteiger partial charge is 0.255 e. The number of carbonyl (C=O) groups excluding carboxylic acids is 1. The number of hydrogen-bond donors (Lipinski definition) is 1. The maximum atomic E-state index is 12.2. The van der Waals surface area contributed by atoms with Crippen LogP contribution >= 0.6 is 27.5 Å². The van der Waals surface area contributed by atoms with E-state index in [1.54, 1.807) is 18.2 Å². The molecule has 0 aliphatic rings. The van der Waals surface area contributed by atoms with Crippen molar-refractivity contribution in [2.24, 2.45) is 0 Å². The Morgan fingerprint density at radius 2 is 2.00 bits per heavy atom. The third-order valence-electron chi connectivity index (χ3n) is 2.81. The molecular weight excluding hydrogens is 342 g/mol. The normalized spacial score (nSPS) is 10.2. The third kappa shape index (κ3) is 3.32. The van der Waals surface area contributed by atoms with Crippen molar-refractivity contribution >= 4 is 33.4 Å². The summed E-state index contributed by atoms with van der Waals surface area (Å²) in [6.45, 7) is 0.369. The summed E-state index contributed by atoms with van der Waals surface area (Å²) in [5, 5.41) is 3.47. The second-order valence-corrected chi connectivity index (χ2v) is 5.36. The highest BCUT2D eigenvalue weighted by molar-refractivity contribution is 9.10. The molecule has 20 heavy (non-hydrogen) atoms. The fourth-order valence-electron chi connectivity index (χ4n) is 1.81. The number of para-hydroxylation sites is 1. The maximum Gasteiger partial charge on any atom is 0.255 e. The average Bonchev–Trinajstić information content (AvgIpc) is 2.46. The summed E-state index contributed by atoms with van der Waals surface area (Å²) in [7, 11) is 1.53. The molecule has 1 N–H and O–H groups in total. The Hall–Kier alpha value is -1.52. The zero-order valence-corrected chi connectivity index (χ0v) is 13.2. The summed E-state index contributed by atoms with van der Waals surface area (Å²) in [6.07, 6.45) is 0. The standard InChI is InChI=1S/C15H13BrClNO2/c1-20-14-11(6-4-7-12(14)16)15(19)18-9-10-5-2-3-8-13(10)17/h2-8H,9H2,1H3,(H,18,19). The van der Waals surface area contributed by atoms with E-state index in [0.29, 0.717) is 22.9 Å². The summed E-state index contributed by atoms with van der Waals surface area (Å²) in [5.41, 5.74) is 1.35. The average molecular weight is 355 g/mol. The van der Waals surface area contributed by atoms with Crippen LogP contribution in [0.2, 0.25) is 5.02 Å². The molecule has 0 aliphatic carbocycles. The van der Waals surface area contributed by atoms with Crippen LogP contribution in [0.3, 0.4) is 0 Å². The van der Waals surface area contributed by atoms with E-state index in [2.05, 4.69) is 21.2 Å². The van der Waals surface area contributed by atoms with Gasteiger partial charge in [0.25, 0.3) is 5.91 Å². The minimum Gasteiger partial charge on any atom is -0.495 e. The molecule has 0 unspecified atom stereocenters. The van der Waals surface area contributed by atoms with Gasteiger partial charge < -0.3 is 10.1 Å². The minimum atomic E-state index is -0.205. The van der Waals surface area contributed by atoms with Crippen molar-refractivity contribution in [2.75, 3.05) is 7.11 Å². The molecule has 5 heteroatoms. The number of hydrogen-bond acceptors (Lipinski definition) is 2. The number of methoxy groups -OCH3 is 1. The van der Waals surface area contributed by atoms with Crippen molar-refractivity contribution in [1.82, 2.24) is 5.32 Å². The predicted molar refractivity (Wildman–Crippen MR) is 83.3 cm³/mol. The molecule has 0 aromatic heterocycles. The molecule has 0 saturated heterocycles. The van der Waals surface area contributed by atoms with Gasteiger partial charge in [0.15, 0.2) is 0 Å². The number of rotatable bonds is 4. The summed E-state index contributed by atoms with van der Waals surface area (Å²) < 4.78 is 5.98. The highest BCUT2D eigenvalue weighted by Crippen LogP contribution is 2.28. The van der Waals surface area contributed by atoms with E-state index in [4.69, 9.17) is 16.3 Å². The van der Waals surface area contributed by atoms with E-state index < -0.39 is 0 Å². The van der Waals surface area contributed by atoms with Gasteiger partial charge in [-0.15, -0.1) is 0 Å². The molecule has 0 atom stereocenters. The van der Waals surface area contributed by atoms with Crippen LogP contribution in [-0.4, -0.2) is 13.0 Å². The van der Waals surface area contributed by atoms with Gasteiger partial charge in [-0.2, -0.15) is 0 Å².